The van der Waals surface area contributed by atoms with E-state index in [1.807, 2.05) is 37.3 Å². The normalized spacial score (nSPS) is 25.4. The van der Waals surface area contributed by atoms with E-state index in [9.17, 15) is 5.11 Å². The highest BCUT2D eigenvalue weighted by Gasteiger charge is 2.38. The Kier molecular flexibility index (Phi) is 2.80. The van der Waals surface area contributed by atoms with Crippen molar-refractivity contribution in [1.82, 2.24) is 4.98 Å². The zero-order chi connectivity index (χ0) is 12.6. The second-order valence-corrected chi connectivity index (χ2v) is 5.13. The molecular weight excluding hydrogens is 226 g/mol. The molecule has 1 aliphatic heterocycles. The minimum Gasteiger partial charge on any atom is -0.385 e. The van der Waals surface area contributed by atoms with E-state index in [1.54, 1.807) is 6.20 Å². The summed E-state index contributed by atoms with van der Waals surface area (Å²) in [6, 6.07) is 9.93. The first kappa shape index (κ1) is 11.6. The van der Waals surface area contributed by atoms with Gasteiger partial charge < -0.3 is 9.84 Å². The summed E-state index contributed by atoms with van der Waals surface area (Å²) in [6.07, 6.45) is 3.03. The molecule has 2 atom stereocenters. The van der Waals surface area contributed by atoms with E-state index < -0.39 is 11.7 Å². The zero-order valence-electron chi connectivity index (χ0n) is 10.5. The SMILES string of the molecule is CC1(C(O)c2cnc3ccccc3c2)CCCO1. The molecule has 0 spiro atoms. The molecule has 3 rings (SSSR count). The van der Waals surface area contributed by atoms with Crippen LogP contribution >= 0.6 is 0 Å². The Morgan fingerprint density at radius 2 is 2.22 bits per heavy atom. The van der Waals surface area contributed by atoms with Gasteiger partial charge in [0, 0.05) is 23.8 Å². The van der Waals surface area contributed by atoms with Crippen molar-refractivity contribution in [3.8, 4) is 0 Å². The minimum absolute atomic E-state index is 0.468. The van der Waals surface area contributed by atoms with Crippen molar-refractivity contribution in [2.45, 2.75) is 31.5 Å². The Hall–Kier alpha value is -1.45. The van der Waals surface area contributed by atoms with Gasteiger partial charge in [-0.2, -0.15) is 0 Å². The average Bonchev–Trinajstić information content (AvgIpc) is 2.85. The number of ether oxygens (including phenoxy) is 1. The Labute approximate surface area is 106 Å². The van der Waals surface area contributed by atoms with Crippen LogP contribution in [0.4, 0.5) is 0 Å². The molecular formula is C15H17NO2. The largest absolute Gasteiger partial charge is 0.385 e. The molecule has 0 aliphatic carbocycles. The smallest absolute Gasteiger partial charge is 0.109 e. The van der Waals surface area contributed by atoms with E-state index in [0.717, 1.165) is 35.9 Å². The van der Waals surface area contributed by atoms with Crippen LogP contribution in [0.3, 0.4) is 0 Å². The minimum atomic E-state index is -0.614. The third kappa shape index (κ3) is 1.89. The van der Waals surface area contributed by atoms with E-state index in [1.165, 1.54) is 0 Å². The van der Waals surface area contributed by atoms with E-state index in [2.05, 4.69) is 4.98 Å². The fourth-order valence-electron chi connectivity index (χ4n) is 2.61. The number of aliphatic hydroxyl groups excluding tert-OH is 1. The van der Waals surface area contributed by atoms with E-state index in [-0.39, 0.29) is 0 Å². The van der Waals surface area contributed by atoms with Crippen molar-refractivity contribution < 1.29 is 9.84 Å². The maximum absolute atomic E-state index is 10.5. The molecule has 18 heavy (non-hydrogen) atoms. The Bertz CT molecular complexity index is 561. The lowest BCUT2D eigenvalue weighted by molar-refractivity contribution is -0.0796. The second-order valence-electron chi connectivity index (χ2n) is 5.13. The average molecular weight is 243 g/mol. The summed E-state index contributed by atoms with van der Waals surface area (Å²) in [6.45, 7) is 2.70. The van der Waals surface area contributed by atoms with Crippen LogP contribution in [0.1, 0.15) is 31.4 Å². The third-order valence-electron chi connectivity index (χ3n) is 3.76. The van der Waals surface area contributed by atoms with Gasteiger partial charge in [0.05, 0.1) is 11.1 Å². The maximum atomic E-state index is 10.5. The Balaban J connectivity index is 1.98. The van der Waals surface area contributed by atoms with Crippen molar-refractivity contribution in [3.63, 3.8) is 0 Å². The molecule has 94 valence electrons. The Morgan fingerprint density at radius 3 is 3.00 bits per heavy atom. The predicted octanol–water partition coefficient (Wildman–Crippen LogP) is 2.84. The topological polar surface area (TPSA) is 42.4 Å². The summed E-state index contributed by atoms with van der Waals surface area (Å²) in [4.78, 5) is 4.39. The first-order valence-corrected chi connectivity index (χ1v) is 6.36. The molecule has 1 aromatic heterocycles. The molecule has 1 fully saturated rings. The number of pyridine rings is 1. The van der Waals surface area contributed by atoms with Gasteiger partial charge in [0.2, 0.25) is 0 Å². The van der Waals surface area contributed by atoms with Crippen LogP contribution in [0.25, 0.3) is 10.9 Å². The molecule has 0 saturated carbocycles. The predicted molar refractivity (Wildman–Crippen MR) is 70.3 cm³/mol. The molecule has 2 heterocycles. The highest BCUT2D eigenvalue weighted by Crippen LogP contribution is 2.37. The number of aliphatic hydroxyl groups is 1. The molecule has 0 radical (unpaired) electrons. The van der Waals surface area contributed by atoms with Crippen LogP contribution in [0.5, 0.6) is 0 Å². The Morgan fingerprint density at radius 1 is 1.39 bits per heavy atom. The van der Waals surface area contributed by atoms with Gasteiger partial charge in [-0.3, -0.25) is 4.98 Å². The van der Waals surface area contributed by atoms with Gasteiger partial charge in [-0.15, -0.1) is 0 Å². The van der Waals surface area contributed by atoms with Crippen LogP contribution in [-0.2, 0) is 4.74 Å². The van der Waals surface area contributed by atoms with Gasteiger partial charge in [-0.05, 0) is 31.9 Å². The standard InChI is InChI=1S/C15H17NO2/c1-15(7-4-8-18-15)14(17)12-9-11-5-2-3-6-13(11)16-10-12/h2-3,5-6,9-10,14,17H,4,7-8H2,1H3. The second kappa shape index (κ2) is 4.34. The lowest BCUT2D eigenvalue weighted by Crippen LogP contribution is -2.31. The van der Waals surface area contributed by atoms with E-state index in [4.69, 9.17) is 4.74 Å². The van der Waals surface area contributed by atoms with Crippen LogP contribution in [0, 0.1) is 0 Å². The van der Waals surface area contributed by atoms with E-state index >= 15 is 0 Å². The number of nitrogens with zero attached hydrogens (tertiary/aromatic N) is 1. The summed E-state index contributed by atoms with van der Waals surface area (Å²) in [7, 11) is 0. The molecule has 0 bridgehead atoms. The van der Waals surface area contributed by atoms with Gasteiger partial charge in [0.15, 0.2) is 0 Å². The summed E-state index contributed by atoms with van der Waals surface area (Å²) in [5.74, 6) is 0. The lowest BCUT2D eigenvalue weighted by Gasteiger charge is -2.29. The van der Waals surface area contributed by atoms with Gasteiger partial charge in [0.1, 0.15) is 6.10 Å². The summed E-state index contributed by atoms with van der Waals surface area (Å²) in [5.41, 5.74) is 1.31. The maximum Gasteiger partial charge on any atom is 0.109 e. The number of fused-ring (bicyclic) bond motifs is 1. The molecule has 1 saturated heterocycles. The van der Waals surface area contributed by atoms with Crippen LogP contribution in [0.2, 0.25) is 0 Å². The van der Waals surface area contributed by atoms with Gasteiger partial charge in [-0.25, -0.2) is 0 Å². The zero-order valence-corrected chi connectivity index (χ0v) is 10.5. The van der Waals surface area contributed by atoms with E-state index in [0.29, 0.717) is 0 Å². The third-order valence-corrected chi connectivity index (χ3v) is 3.76. The molecule has 3 heteroatoms. The number of rotatable bonds is 2. The molecule has 1 aromatic carbocycles. The lowest BCUT2D eigenvalue weighted by atomic mass is 9.90. The molecule has 1 aliphatic rings. The van der Waals surface area contributed by atoms with Crippen molar-refractivity contribution in [2.24, 2.45) is 0 Å². The quantitative estimate of drug-likeness (QED) is 0.882. The first-order valence-electron chi connectivity index (χ1n) is 6.36. The molecule has 2 unspecified atom stereocenters. The van der Waals surface area contributed by atoms with Crippen molar-refractivity contribution in [2.75, 3.05) is 6.61 Å². The monoisotopic (exact) mass is 243 g/mol. The van der Waals surface area contributed by atoms with Gasteiger partial charge >= 0.3 is 0 Å². The highest BCUT2D eigenvalue weighted by molar-refractivity contribution is 5.78. The van der Waals surface area contributed by atoms with Crippen LogP contribution < -0.4 is 0 Å². The molecule has 0 amide bonds. The van der Waals surface area contributed by atoms with Crippen molar-refractivity contribution >= 4 is 10.9 Å². The number of benzene rings is 1. The molecule has 3 nitrogen and oxygen atoms in total. The summed E-state index contributed by atoms with van der Waals surface area (Å²) in [5, 5.41) is 11.5. The van der Waals surface area contributed by atoms with Crippen LogP contribution in [0.15, 0.2) is 36.5 Å². The first-order chi connectivity index (χ1) is 8.69. The molecule has 1 N–H and O–H groups in total. The summed E-state index contributed by atoms with van der Waals surface area (Å²) >= 11 is 0. The van der Waals surface area contributed by atoms with Crippen LogP contribution in [-0.4, -0.2) is 22.3 Å². The summed E-state index contributed by atoms with van der Waals surface area (Å²) < 4.78 is 5.69. The number of aromatic nitrogens is 1. The van der Waals surface area contributed by atoms with Gasteiger partial charge in [0.25, 0.3) is 0 Å². The van der Waals surface area contributed by atoms with Gasteiger partial charge in [-0.1, -0.05) is 18.2 Å². The fraction of sp³-hybridized carbons (Fsp3) is 0.400. The van der Waals surface area contributed by atoms with Crippen molar-refractivity contribution in [1.29, 1.82) is 0 Å². The highest BCUT2D eigenvalue weighted by atomic mass is 16.5. The van der Waals surface area contributed by atoms with Crippen molar-refractivity contribution in [3.05, 3.63) is 42.1 Å². The number of para-hydroxylation sites is 1. The number of hydrogen-bond donors (Lipinski definition) is 1. The fourth-order valence-corrected chi connectivity index (χ4v) is 2.61. The number of hydrogen-bond acceptors (Lipinski definition) is 3. The molecule has 2 aromatic rings.